The lowest BCUT2D eigenvalue weighted by Crippen LogP contribution is -2.41. The van der Waals surface area contributed by atoms with Gasteiger partial charge in [-0.2, -0.15) is 0 Å². The molecule has 1 aromatic heterocycles. The highest BCUT2D eigenvalue weighted by Crippen LogP contribution is 2.28. The second kappa shape index (κ2) is 9.65. The van der Waals surface area contributed by atoms with Crippen LogP contribution in [-0.2, 0) is 19.6 Å². The number of thiazole rings is 1. The van der Waals surface area contributed by atoms with Crippen LogP contribution < -0.4 is 9.62 Å². The fourth-order valence-corrected chi connectivity index (χ4v) is 4.47. The van der Waals surface area contributed by atoms with Crippen LogP contribution in [0.25, 0.3) is 11.3 Å². The number of hydrogen-bond donors (Lipinski definition) is 1. The summed E-state index contributed by atoms with van der Waals surface area (Å²) in [7, 11) is -1.82. The third-order valence-corrected chi connectivity index (χ3v) is 7.11. The summed E-state index contributed by atoms with van der Waals surface area (Å²) >= 11 is 1.33. The predicted molar refractivity (Wildman–Crippen MR) is 121 cm³/mol. The van der Waals surface area contributed by atoms with Crippen LogP contribution in [0, 0.1) is 5.92 Å². The number of nitrogens with zero attached hydrogens (tertiary/aromatic N) is 3. The molecule has 0 atom stereocenters. The quantitative estimate of drug-likeness (QED) is 0.701. The van der Waals surface area contributed by atoms with Gasteiger partial charge in [0, 0.05) is 37.0 Å². The van der Waals surface area contributed by atoms with Gasteiger partial charge >= 0.3 is 6.09 Å². The lowest BCUT2D eigenvalue weighted by Gasteiger charge is -2.30. The van der Waals surface area contributed by atoms with E-state index in [1.165, 1.54) is 22.7 Å². The summed E-state index contributed by atoms with van der Waals surface area (Å²) in [5.74, 6) is -0.279. The Kier molecular flexibility index (Phi) is 7.16. The fraction of sp³-hybridized carbons (Fsp3) is 0.450. The molecule has 9 nitrogen and oxygen atoms in total. The summed E-state index contributed by atoms with van der Waals surface area (Å²) in [5.41, 5.74) is 2.08. The van der Waals surface area contributed by atoms with E-state index in [-0.39, 0.29) is 17.9 Å². The smallest absolute Gasteiger partial charge is 0.409 e. The molecule has 2 heterocycles. The average molecular weight is 467 g/mol. The number of aromatic nitrogens is 1. The van der Waals surface area contributed by atoms with E-state index in [9.17, 15) is 18.0 Å². The van der Waals surface area contributed by atoms with E-state index in [1.807, 2.05) is 5.38 Å². The molecule has 0 spiro atoms. The largest absolute Gasteiger partial charge is 0.450 e. The van der Waals surface area contributed by atoms with Gasteiger partial charge < -0.3 is 15.0 Å². The lowest BCUT2D eigenvalue weighted by atomic mass is 9.96. The summed E-state index contributed by atoms with van der Waals surface area (Å²) in [6.45, 7) is 3.09. The number of benzene rings is 1. The van der Waals surface area contributed by atoms with Crippen molar-refractivity contribution in [1.29, 1.82) is 0 Å². The van der Waals surface area contributed by atoms with Crippen molar-refractivity contribution in [2.45, 2.75) is 19.8 Å². The highest BCUT2D eigenvalue weighted by atomic mass is 32.2. The molecule has 1 saturated heterocycles. The van der Waals surface area contributed by atoms with Gasteiger partial charge in [0.05, 0.1) is 24.2 Å². The molecular formula is C20H26N4O5S2. The second-order valence-electron chi connectivity index (χ2n) is 7.26. The molecule has 0 aliphatic carbocycles. The summed E-state index contributed by atoms with van der Waals surface area (Å²) in [6.07, 6.45) is 1.98. The van der Waals surface area contributed by atoms with Gasteiger partial charge in [-0.1, -0.05) is 12.1 Å². The number of ether oxygens (including phenoxy) is 1. The molecule has 1 fully saturated rings. The molecule has 0 radical (unpaired) electrons. The number of rotatable bonds is 6. The minimum atomic E-state index is -3.32. The van der Waals surface area contributed by atoms with E-state index in [0.717, 1.165) is 11.8 Å². The van der Waals surface area contributed by atoms with Gasteiger partial charge in [0.15, 0.2) is 5.13 Å². The summed E-state index contributed by atoms with van der Waals surface area (Å²) in [4.78, 5) is 30.5. The van der Waals surface area contributed by atoms with Gasteiger partial charge in [0.1, 0.15) is 0 Å². The number of carbonyl (C=O) groups excluding carboxylic acids is 2. The Morgan fingerprint density at radius 2 is 1.90 bits per heavy atom. The molecule has 1 N–H and O–H groups in total. The number of likely N-dealkylation sites (tertiary alicyclic amines) is 1. The Morgan fingerprint density at radius 1 is 1.26 bits per heavy atom. The Bertz CT molecular complexity index is 1030. The number of anilines is 2. The van der Waals surface area contributed by atoms with Crippen molar-refractivity contribution in [2.24, 2.45) is 5.92 Å². The average Bonchev–Trinajstić information content (AvgIpc) is 3.21. The van der Waals surface area contributed by atoms with Crippen LogP contribution in [0.1, 0.15) is 19.8 Å². The number of hydrogen-bond acceptors (Lipinski definition) is 7. The SMILES string of the molecule is CCOC(=O)N1CCC(C(=O)Nc2nc(-c3ccc(N(C)S(C)(=O)=O)cc3)cs2)CC1. The molecule has 0 saturated carbocycles. The molecule has 0 unspecified atom stereocenters. The van der Waals surface area contributed by atoms with Crippen molar-refractivity contribution >= 4 is 44.2 Å². The maximum atomic E-state index is 12.6. The Hall–Kier alpha value is -2.66. The van der Waals surface area contributed by atoms with Crippen molar-refractivity contribution in [1.82, 2.24) is 9.88 Å². The number of amides is 2. The van der Waals surface area contributed by atoms with Crippen LogP contribution in [0.2, 0.25) is 0 Å². The molecule has 1 aliphatic rings. The molecule has 2 amide bonds. The van der Waals surface area contributed by atoms with Gasteiger partial charge in [-0.15, -0.1) is 11.3 Å². The molecule has 1 aliphatic heterocycles. The first-order chi connectivity index (χ1) is 14.7. The molecule has 0 bridgehead atoms. The maximum absolute atomic E-state index is 12.6. The van der Waals surface area contributed by atoms with E-state index in [0.29, 0.717) is 49.1 Å². The first-order valence-corrected chi connectivity index (χ1v) is 12.6. The van der Waals surface area contributed by atoms with E-state index >= 15 is 0 Å². The number of piperidine rings is 1. The summed E-state index contributed by atoms with van der Waals surface area (Å²) in [6, 6.07) is 7.02. The van der Waals surface area contributed by atoms with Crippen LogP contribution in [0.4, 0.5) is 15.6 Å². The van der Waals surface area contributed by atoms with Gasteiger partial charge in [-0.3, -0.25) is 9.10 Å². The van der Waals surface area contributed by atoms with Crippen LogP contribution in [-0.4, -0.2) is 63.3 Å². The second-order valence-corrected chi connectivity index (χ2v) is 10.1. The molecule has 11 heteroatoms. The van der Waals surface area contributed by atoms with Crippen molar-refractivity contribution in [3.63, 3.8) is 0 Å². The molecule has 3 rings (SSSR count). The van der Waals surface area contributed by atoms with E-state index in [2.05, 4.69) is 10.3 Å². The molecule has 2 aromatic rings. The van der Waals surface area contributed by atoms with Gasteiger partial charge in [-0.25, -0.2) is 18.2 Å². The minimum absolute atomic E-state index is 0.102. The molecule has 168 valence electrons. The highest BCUT2D eigenvalue weighted by molar-refractivity contribution is 7.92. The third kappa shape index (κ3) is 5.73. The topological polar surface area (TPSA) is 109 Å². The van der Waals surface area contributed by atoms with Crippen LogP contribution in [0.3, 0.4) is 0 Å². The molecule has 31 heavy (non-hydrogen) atoms. The predicted octanol–water partition coefficient (Wildman–Crippen LogP) is 3.01. The van der Waals surface area contributed by atoms with Crippen molar-refractivity contribution < 1.29 is 22.7 Å². The molecule has 1 aromatic carbocycles. The van der Waals surface area contributed by atoms with Crippen LogP contribution in [0.15, 0.2) is 29.6 Å². The van der Waals surface area contributed by atoms with Gasteiger partial charge in [0.2, 0.25) is 15.9 Å². The van der Waals surface area contributed by atoms with Crippen LogP contribution in [0.5, 0.6) is 0 Å². The van der Waals surface area contributed by atoms with E-state index in [4.69, 9.17) is 4.74 Å². The minimum Gasteiger partial charge on any atom is -0.450 e. The number of sulfonamides is 1. The van der Waals surface area contributed by atoms with Crippen molar-refractivity contribution in [3.05, 3.63) is 29.6 Å². The summed E-state index contributed by atoms with van der Waals surface area (Å²) < 4.78 is 29.5. The lowest BCUT2D eigenvalue weighted by molar-refractivity contribution is -0.121. The fourth-order valence-electron chi connectivity index (χ4n) is 3.24. The van der Waals surface area contributed by atoms with Crippen molar-refractivity contribution in [3.8, 4) is 11.3 Å². The molecular weight excluding hydrogens is 440 g/mol. The maximum Gasteiger partial charge on any atom is 0.409 e. The number of carbonyl (C=O) groups is 2. The highest BCUT2D eigenvalue weighted by Gasteiger charge is 2.28. The normalized spacial score (nSPS) is 14.9. The standard InChI is InChI=1S/C20H26N4O5S2/c1-4-29-20(26)24-11-9-15(10-12-24)18(25)22-19-21-17(13-30-19)14-5-7-16(8-6-14)23(2)31(3,27)28/h5-8,13,15H,4,9-12H2,1-3H3,(H,21,22,25). The zero-order chi connectivity index (χ0) is 22.6. The Morgan fingerprint density at radius 3 is 2.48 bits per heavy atom. The van der Waals surface area contributed by atoms with Gasteiger partial charge in [-0.05, 0) is 31.9 Å². The van der Waals surface area contributed by atoms with E-state index < -0.39 is 10.0 Å². The summed E-state index contributed by atoms with van der Waals surface area (Å²) in [5, 5.41) is 5.21. The Labute approximate surface area is 186 Å². The Balaban J connectivity index is 1.58. The zero-order valence-corrected chi connectivity index (χ0v) is 19.3. The zero-order valence-electron chi connectivity index (χ0n) is 17.7. The number of nitrogens with one attached hydrogen (secondary N) is 1. The first kappa shape index (κ1) is 23.0. The first-order valence-electron chi connectivity index (χ1n) is 9.91. The van der Waals surface area contributed by atoms with E-state index in [1.54, 1.807) is 36.1 Å². The van der Waals surface area contributed by atoms with Crippen LogP contribution >= 0.6 is 11.3 Å². The van der Waals surface area contributed by atoms with Gasteiger partial charge in [0.25, 0.3) is 0 Å². The van der Waals surface area contributed by atoms with Crippen molar-refractivity contribution in [2.75, 3.05) is 42.6 Å². The monoisotopic (exact) mass is 466 g/mol. The third-order valence-electron chi connectivity index (χ3n) is 5.15.